The number of benzene rings is 1. The van der Waals surface area contributed by atoms with Crippen molar-refractivity contribution in [2.75, 3.05) is 24.5 Å². The van der Waals surface area contributed by atoms with Gasteiger partial charge in [0.25, 0.3) is 0 Å². The number of halogens is 1. The van der Waals surface area contributed by atoms with Gasteiger partial charge in [0.1, 0.15) is 0 Å². The molecule has 0 saturated carbocycles. The molecule has 2 fully saturated rings. The molecule has 2 aromatic rings. The summed E-state index contributed by atoms with van der Waals surface area (Å²) in [7, 11) is 0. The van der Waals surface area contributed by atoms with E-state index < -0.39 is 0 Å². The third-order valence-electron chi connectivity index (χ3n) is 4.34. The number of rotatable bonds is 1. The van der Waals surface area contributed by atoms with Crippen LogP contribution in [0.3, 0.4) is 0 Å². The fourth-order valence-electron chi connectivity index (χ4n) is 3.32. The first-order chi connectivity index (χ1) is 9.72. The summed E-state index contributed by atoms with van der Waals surface area (Å²) in [6.07, 6.45) is 1.81. The van der Waals surface area contributed by atoms with Crippen LogP contribution < -0.4 is 10.2 Å². The Morgan fingerprint density at radius 3 is 3.05 bits per heavy atom. The van der Waals surface area contributed by atoms with Crippen LogP contribution in [0.2, 0.25) is 5.02 Å². The van der Waals surface area contributed by atoms with Crippen LogP contribution in [-0.4, -0.2) is 30.5 Å². The maximum absolute atomic E-state index is 11.8. The van der Waals surface area contributed by atoms with Crippen molar-refractivity contribution in [1.29, 1.82) is 0 Å². The van der Waals surface area contributed by atoms with E-state index in [9.17, 15) is 4.79 Å². The second-order valence-corrected chi connectivity index (χ2v) is 5.94. The van der Waals surface area contributed by atoms with Crippen LogP contribution in [0.1, 0.15) is 0 Å². The molecule has 1 amide bonds. The third kappa shape index (κ3) is 1.75. The Bertz CT molecular complexity index is 703. The summed E-state index contributed by atoms with van der Waals surface area (Å²) in [4.78, 5) is 18.4. The molecule has 0 spiro atoms. The number of fused-ring (bicyclic) bond motifs is 2. The molecule has 1 N–H and O–H groups in total. The van der Waals surface area contributed by atoms with Crippen molar-refractivity contribution in [2.45, 2.75) is 0 Å². The molecule has 102 valence electrons. The zero-order chi connectivity index (χ0) is 13.7. The Balaban J connectivity index is 1.75. The molecule has 0 bridgehead atoms. The van der Waals surface area contributed by atoms with Crippen molar-refractivity contribution >= 4 is 34.1 Å². The summed E-state index contributed by atoms with van der Waals surface area (Å²) < 4.78 is 0. The molecular weight excluding hydrogens is 274 g/mol. The highest BCUT2D eigenvalue weighted by Gasteiger charge is 2.42. The van der Waals surface area contributed by atoms with Crippen molar-refractivity contribution in [3.63, 3.8) is 0 Å². The number of carbonyl (C=O) groups excluding carboxylic acids is 1. The van der Waals surface area contributed by atoms with Crippen molar-refractivity contribution < 1.29 is 4.79 Å². The van der Waals surface area contributed by atoms with Gasteiger partial charge in [-0.3, -0.25) is 9.78 Å². The number of hydrogen-bond acceptors (Lipinski definition) is 3. The van der Waals surface area contributed by atoms with Gasteiger partial charge in [0, 0.05) is 47.8 Å². The molecule has 4 nitrogen and oxygen atoms in total. The molecule has 1 aromatic heterocycles. The van der Waals surface area contributed by atoms with Crippen molar-refractivity contribution in [2.24, 2.45) is 11.8 Å². The lowest BCUT2D eigenvalue weighted by atomic mass is 10.0. The molecule has 20 heavy (non-hydrogen) atoms. The molecule has 2 saturated heterocycles. The molecule has 2 aliphatic heterocycles. The predicted octanol–water partition coefficient (Wildman–Crippen LogP) is 2.07. The Kier molecular flexibility index (Phi) is 2.60. The topological polar surface area (TPSA) is 45.2 Å². The van der Waals surface area contributed by atoms with Crippen molar-refractivity contribution in [3.8, 4) is 0 Å². The van der Waals surface area contributed by atoms with Crippen LogP contribution >= 0.6 is 11.6 Å². The maximum atomic E-state index is 11.8. The van der Waals surface area contributed by atoms with Crippen LogP contribution in [0.15, 0.2) is 30.5 Å². The van der Waals surface area contributed by atoms with Crippen LogP contribution in [0.25, 0.3) is 10.9 Å². The number of nitrogens with one attached hydrogen (secondary N) is 1. The standard InChI is InChI=1S/C15H14ClN3O/c16-10-1-2-11-13(5-10)17-4-3-14(11)19-7-9-6-18-15(20)12(9)8-19/h1-5,9,12H,6-8H2,(H,18,20)/t9-,12+/m0/s1. The van der Waals surface area contributed by atoms with Gasteiger partial charge in [-0.05, 0) is 24.3 Å². The van der Waals surface area contributed by atoms with Crippen molar-refractivity contribution in [3.05, 3.63) is 35.5 Å². The molecule has 5 heteroatoms. The van der Waals surface area contributed by atoms with Crippen LogP contribution in [0.4, 0.5) is 5.69 Å². The van der Waals surface area contributed by atoms with Crippen molar-refractivity contribution in [1.82, 2.24) is 10.3 Å². The van der Waals surface area contributed by atoms with Gasteiger partial charge < -0.3 is 10.2 Å². The Morgan fingerprint density at radius 1 is 1.30 bits per heavy atom. The van der Waals surface area contributed by atoms with E-state index in [-0.39, 0.29) is 11.8 Å². The zero-order valence-electron chi connectivity index (χ0n) is 10.8. The molecule has 0 aliphatic carbocycles. The van der Waals surface area contributed by atoms with E-state index in [0.29, 0.717) is 10.9 Å². The fraction of sp³-hybridized carbons (Fsp3) is 0.333. The smallest absolute Gasteiger partial charge is 0.225 e. The largest absolute Gasteiger partial charge is 0.370 e. The third-order valence-corrected chi connectivity index (χ3v) is 4.57. The van der Waals surface area contributed by atoms with E-state index in [0.717, 1.165) is 36.2 Å². The molecular formula is C15H14ClN3O. The number of carbonyl (C=O) groups is 1. The number of hydrogen-bond donors (Lipinski definition) is 1. The quantitative estimate of drug-likeness (QED) is 0.873. The molecule has 2 aliphatic rings. The summed E-state index contributed by atoms with van der Waals surface area (Å²) in [6.45, 7) is 2.51. The summed E-state index contributed by atoms with van der Waals surface area (Å²) in [5.74, 6) is 0.752. The van der Waals surface area contributed by atoms with E-state index in [4.69, 9.17) is 11.6 Å². The highest BCUT2D eigenvalue weighted by molar-refractivity contribution is 6.31. The average Bonchev–Trinajstić information content (AvgIpc) is 3.00. The summed E-state index contributed by atoms with van der Waals surface area (Å²) in [5, 5.41) is 4.73. The lowest BCUT2D eigenvalue weighted by molar-refractivity contribution is -0.122. The number of nitrogens with zero attached hydrogens (tertiary/aromatic N) is 2. The molecule has 3 heterocycles. The number of aromatic nitrogens is 1. The first-order valence-electron chi connectivity index (χ1n) is 6.79. The number of pyridine rings is 1. The molecule has 4 rings (SSSR count). The average molecular weight is 288 g/mol. The predicted molar refractivity (Wildman–Crippen MR) is 79.0 cm³/mol. The Morgan fingerprint density at radius 2 is 2.20 bits per heavy atom. The highest BCUT2D eigenvalue weighted by atomic mass is 35.5. The summed E-state index contributed by atoms with van der Waals surface area (Å²) in [5.41, 5.74) is 2.05. The van der Waals surface area contributed by atoms with E-state index >= 15 is 0 Å². The Hall–Kier alpha value is -1.81. The SMILES string of the molecule is O=C1NC[C@H]2CN(c3ccnc4cc(Cl)ccc34)C[C@@H]12. The van der Waals surface area contributed by atoms with Crippen LogP contribution in [0, 0.1) is 11.8 Å². The van der Waals surface area contributed by atoms with Crippen LogP contribution in [-0.2, 0) is 4.79 Å². The lowest BCUT2D eigenvalue weighted by Gasteiger charge is -2.21. The van der Waals surface area contributed by atoms with E-state index in [1.807, 2.05) is 30.5 Å². The van der Waals surface area contributed by atoms with Gasteiger partial charge in [0.2, 0.25) is 5.91 Å². The number of anilines is 1. The second-order valence-electron chi connectivity index (χ2n) is 5.51. The molecule has 2 atom stereocenters. The van der Waals surface area contributed by atoms with Crippen LogP contribution in [0.5, 0.6) is 0 Å². The minimum Gasteiger partial charge on any atom is -0.370 e. The minimum absolute atomic E-state index is 0.130. The van der Waals surface area contributed by atoms with Gasteiger partial charge in [-0.15, -0.1) is 0 Å². The van der Waals surface area contributed by atoms with Gasteiger partial charge >= 0.3 is 0 Å². The first-order valence-corrected chi connectivity index (χ1v) is 7.17. The van der Waals surface area contributed by atoms with E-state index in [1.165, 1.54) is 0 Å². The Labute approximate surface area is 121 Å². The maximum Gasteiger partial charge on any atom is 0.225 e. The summed E-state index contributed by atoms with van der Waals surface area (Å²) >= 11 is 6.02. The molecule has 1 aromatic carbocycles. The highest BCUT2D eigenvalue weighted by Crippen LogP contribution is 2.34. The first kappa shape index (κ1) is 12.0. The zero-order valence-corrected chi connectivity index (χ0v) is 11.6. The fourth-order valence-corrected chi connectivity index (χ4v) is 3.48. The normalized spacial score (nSPS) is 25.1. The van der Waals surface area contributed by atoms with Gasteiger partial charge in [0.05, 0.1) is 11.4 Å². The molecule has 0 radical (unpaired) electrons. The second kappa shape index (κ2) is 4.35. The van der Waals surface area contributed by atoms with Gasteiger partial charge in [0.15, 0.2) is 0 Å². The monoisotopic (exact) mass is 287 g/mol. The number of amides is 1. The summed E-state index contributed by atoms with van der Waals surface area (Å²) in [6, 6.07) is 7.80. The molecule has 0 unspecified atom stereocenters. The van der Waals surface area contributed by atoms with E-state index in [1.54, 1.807) is 0 Å². The van der Waals surface area contributed by atoms with Gasteiger partial charge in [-0.1, -0.05) is 11.6 Å². The van der Waals surface area contributed by atoms with Gasteiger partial charge in [-0.2, -0.15) is 0 Å². The van der Waals surface area contributed by atoms with Gasteiger partial charge in [-0.25, -0.2) is 0 Å². The lowest BCUT2D eigenvalue weighted by Crippen LogP contribution is -2.28. The van der Waals surface area contributed by atoms with E-state index in [2.05, 4.69) is 15.2 Å². The minimum atomic E-state index is 0.130.